The molecule has 0 aromatic rings. The first-order valence-corrected chi connectivity index (χ1v) is 5.80. The molecule has 80 valence electrons. The molecule has 2 fully saturated rings. The highest BCUT2D eigenvalue weighted by atomic mass is 16.2. The maximum absolute atomic E-state index is 11.7. The zero-order valence-corrected chi connectivity index (χ0v) is 8.74. The van der Waals surface area contributed by atoms with Crippen LogP contribution in [-0.4, -0.2) is 30.4 Å². The predicted molar refractivity (Wildman–Crippen MR) is 55.7 cm³/mol. The Labute approximate surface area is 85.6 Å². The maximum atomic E-state index is 11.7. The quantitative estimate of drug-likeness (QED) is 0.728. The number of carbonyl (C=O) groups is 1. The van der Waals surface area contributed by atoms with Crippen LogP contribution < -0.4 is 5.73 Å². The molecule has 2 rings (SSSR count). The molecule has 1 aliphatic carbocycles. The van der Waals surface area contributed by atoms with Crippen LogP contribution in [-0.2, 0) is 4.79 Å². The summed E-state index contributed by atoms with van der Waals surface area (Å²) in [6, 6.07) is 0. The third-order valence-corrected chi connectivity index (χ3v) is 3.34. The molecule has 3 nitrogen and oxygen atoms in total. The SMILES string of the molecule is NCCCC1CCN(C(=O)C2CC2)C1. The van der Waals surface area contributed by atoms with E-state index in [1.165, 1.54) is 12.8 Å². The van der Waals surface area contributed by atoms with Gasteiger partial charge in [-0.05, 0) is 44.6 Å². The van der Waals surface area contributed by atoms with Gasteiger partial charge in [0.05, 0.1) is 0 Å². The fourth-order valence-electron chi connectivity index (χ4n) is 2.26. The van der Waals surface area contributed by atoms with Crippen molar-refractivity contribution in [1.82, 2.24) is 4.90 Å². The molecule has 1 amide bonds. The smallest absolute Gasteiger partial charge is 0.225 e. The molecule has 3 heteroatoms. The van der Waals surface area contributed by atoms with Gasteiger partial charge in [0.15, 0.2) is 0 Å². The Balaban J connectivity index is 1.73. The predicted octanol–water partition coefficient (Wildman–Crippen LogP) is 0.984. The number of nitrogens with two attached hydrogens (primary N) is 1. The Kier molecular flexibility index (Phi) is 3.06. The molecule has 2 N–H and O–H groups in total. The lowest BCUT2D eigenvalue weighted by atomic mass is 10.0. The average Bonchev–Trinajstić information content (AvgIpc) is 2.94. The van der Waals surface area contributed by atoms with Crippen LogP contribution in [0.15, 0.2) is 0 Å². The fraction of sp³-hybridized carbons (Fsp3) is 0.909. The first kappa shape index (κ1) is 9.97. The zero-order chi connectivity index (χ0) is 9.97. The molecular weight excluding hydrogens is 176 g/mol. The molecule has 1 unspecified atom stereocenters. The van der Waals surface area contributed by atoms with Crippen LogP contribution in [0.3, 0.4) is 0 Å². The van der Waals surface area contributed by atoms with Gasteiger partial charge >= 0.3 is 0 Å². The fourth-order valence-corrected chi connectivity index (χ4v) is 2.26. The lowest BCUT2D eigenvalue weighted by Crippen LogP contribution is -2.29. The van der Waals surface area contributed by atoms with Crippen molar-refractivity contribution in [3.63, 3.8) is 0 Å². The van der Waals surface area contributed by atoms with Gasteiger partial charge in [-0.1, -0.05) is 0 Å². The van der Waals surface area contributed by atoms with Crippen LogP contribution in [0, 0.1) is 11.8 Å². The second-order valence-electron chi connectivity index (χ2n) is 4.64. The lowest BCUT2D eigenvalue weighted by molar-refractivity contribution is -0.131. The third kappa shape index (κ3) is 2.27. The Morgan fingerprint density at radius 3 is 2.79 bits per heavy atom. The van der Waals surface area contributed by atoms with Gasteiger partial charge in [-0.3, -0.25) is 4.79 Å². The van der Waals surface area contributed by atoms with E-state index in [1.54, 1.807) is 0 Å². The summed E-state index contributed by atoms with van der Waals surface area (Å²) >= 11 is 0. The summed E-state index contributed by atoms with van der Waals surface area (Å²) < 4.78 is 0. The Morgan fingerprint density at radius 1 is 1.36 bits per heavy atom. The van der Waals surface area contributed by atoms with E-state index in [9.17, 15) is 4.79 Å². The molecule has 1 saturated carbocycles. The molecule has 14 heavy (non-hydrogen) atoms. The van der Waals surface area contributed by atoms with E-state index in [0.717, 1.165) is 44.8 Å². The minimum absolute atomic E-state index is 0.392. The molecule has 1 heterocycles. The molecular formula is C11H20N2O. The summed E-state index contributed by atoms with van der Waals surface area (Å²) in [6.07, 6.45) is 5.76. The topological polar surface area (TPSA) is 46.3 Å². The molecule has 1 atom stereocenters. The van der Waals surface area contributed by atoms with Crippen LogP contribution in [0.5, 0.6) is 0 Å². The highest BCUT2D eigenvalue weighted by Gasteiger charge is 2.36. The normalized spacial score (nSPS) is 26.9. The summed E-state index contributed by atoms with van der Waals surface area (Å²) in [7, 11) is 0. The van der Waals surface area contributed by atoms with E-state index in [-0.39, 0.29) is 0 Å². The van der Waals surface area contributed by atoms with Crippen molar-refractivity contribution in [3.05, 3.63) is 0 Å². The molecule has 1 aliphatic heterocycles. The molecule has 0 spiro atoms. The maximum Gasteiger partial charge on any atom is 0.225 e. The number of carbonyl (C=O) groups excluding carboxylic acids is 1. The van der Waals surface area contributed by atoms with Crippen LogP contribution >= 0.6 is 0 Å². The molecule has 1 saturated heterocycles. The zero-order valence-electron chi connectivity index (χ0n) is 8.74. The average molecular weight is 196 g/mol. The van der Waals surface area contributed by atoms with Crippen LogP contribution in [0.25, 0.3) is 0 Å². The number of likely N-dealkylation sites (tertiary alicyclic amines) is 1. The Hall–Kier alpha value is -0.570. The summed E-state index contributed by atoms with van der Waals surface area (Å²) in [5, 5.41) is 0. The number of hydrogen-bond acceptors (Lipinski definition) is 2. The summed E-state index contributed by atoms with van der Waals surface area (Å²) in [4.78, 5) is 13.8. The van der Waals surface area contributed by atoms with E-state index in [4.69, 9.17) is 5.73 Å². The number of amides is 1. The minimum Gasteiger partial charge on any atom is -0.342 e. The number of hydrogen-bond donors (Lipinski definition) is 1. The van der Waals surface area contributed by atoms with Crippen molar-refractivity contribution in [2.75, 3.05) is 19.6 Å². The molecule has 0 bridgehead atoms. The minimum atomic E-state index is 0.392. The van der Waals surface area contributed by atoms with E-state index in [2.05, 4.69) is 4.90 Å². The van der Waals surface area contributed by atoms with Gasteiger partial charge < -0.3 is 10.6 Å². The second-order valence-corrected chi connectivity index (χ2v) is 4.64. The largest absolute Gasteiger partial charge is 0.342 e. The van der Waals surface area contributed by atoms with Crippen molar-refractivity contribution < 1.29 is 4.79 Å². The van der Waals surface area contributed by atoms with Crippen LogP contribution in [0.2, 0.25) is 0 Å². The monoisotopic (exact) mass is 196 g/mol. The summed E-state index contributed by atoms with van der Waals surface area (Å²) in [5.74, 6) is 1.53. The van der Waals surface area contributed by atoms with Gasteiger partial charge in [-0.2, -0.15) is 0 Å². The summed E-state index contributed by atoms with van der Waals surface area (Å²) in [6.45, 7) is 2.77. The van der Waals surface area contributed by atoms with E-state index in [0.29, 0.717) is 11.8 Å². The van der Waals surface area contributed by atoms with E-state index in [1.807, 2.05) is 0 Å². The number of rotatable bonds is 4. The van der Waals surface area contributed by atoms with Gasteiger partial charge in [0.2, 0.25) is 5.91 Å². The highest BCUT2D eigenvalue weighted by Crippen LogP contribution is 2.33. The summed E-state index contributed by atoms with van der Waals surface area (Å²) in [5.41, 5.74) is 5.48. The van der Waals surface area contributed by atoms with Crippen LogP contribution in [0.1, 0.15) is 32.1 Å². The van der Waals surface area contributed by atoms with Crippen molar-refractivity contribution in [1.29, 1.82) is 0 Å². The lowest BCUT2D eigenvalue weighted by Gasteiger charge is -2.15. The Bertz CT molecular complexity index is 213. The van der Waals surface area contributed by atoms with Gasteiger partial charge in [0.25, 0.3) is 0 Å². The first-order valence-electron chi connectivity index (χ1n) is 5.80. The molecule has 0 aromatic heterocycles. The molecule has 0 aromatic carbocycles. The number of nitrogens with zero attached hydrogens (tertiary/aromatic N) is 1. The van der Waals surface area contributed by atoms with E-state index < -0.39 is 0 Å². The molecule has 0 radical (unpaired) electrons. The van der Waals surface area contributed by atoms with Crippen molar-refractivity contribution in [3.8, 4) is 0 Å². The standard InChI is InChI=1S/C11H20N2O/c12-6-1-2-9-5-7-13(8-9)11(14)10-3-4-10/h9-10H,1-8,12H2. The van der Waals surface area contributed by atoms with Gasteiger partial charge in [0.1, 0.15) is 0 Å². The highest BCUT2D eigenvalue weighted by molar-refractivity contribution is 5.81. The Morgan fingerprint density at radius 2 is 2.14 bits per heavy atom. The third-order valence-electron chi connectivity index (χ3n) is 3.34. The van der Waals surface area contributed by atoms with Crippen molar-refractivity contribution in [2.45, 2.75) is 32.1 Å². The molecule has 2 aliphatic rings. The van der Waals surface area contributed by atoms with Gasteiger partial charge in [-0.25, -0.2) is 0 Å². The first-order chi connectivity index (χ1) is 6.81. The van der Waals surface area contributed by atoms with Gasteiger partial charge in [0, 0.05) is 19.0 Å². The second kappa shape index (κ2) is 4.30. The van der Waals surface area contributed by atoms with Crippen molar-refractivity contribution in [2.24, 2.45) is 17.6 Å². The van der Waals surface area contributed by atoms with Crippen molar-refractivity contribution >= 4 is 5.91 Å². The van der Waals surface area contributed by atoms with Crippen LogP contribution in [0.4, 0.5) is 0 Å². The van der Waals surface area contributed by atoms with E-state index >= 15 is 0 Å². The van der Waals surface area contributed by atoms with Gasteiger partial charge in [-0.15, -0.1) is 0 Å².